The lowest BCUT2D eigenvalue weighted by Crippen LogP contribution is -2.26. The molecule has 0 aliphatic heterocycles. The second-order valence-corrected chi connectivity index (χ2v) is 6.06. The number of aromatic nitrogens is 3. The van der Waals surface area contributed by atoms with Crippen molar-refractivity contribution in [2.24, 2.45) is 7.05 Å². The van der Waals surface area contributed by atoms with Gasteiger partial charge in [-0.1, -0.05) is 0 Å². The Bertz CT molecular complexity index is 1060. The number of hydrogen-bond acceptors (Lipinski definition) is 7. The molecule has 0 fully saturated rings. The summed E-state index contributed by atoms with van der Waals surface area (Å²) in [5, 5.41) is 21.6. The summed E-state index contributed by atoms with van der Waals surface area (Å²) in [6.45, 7) is -0.345. The lowest BCUT2D eigenvalue weighted by atomic mass is 10.2. The van der Waals surface area contributed by atoms with E-state index in [9.17, 15) is 18.7 Å². The zero-order valence-electron chi connectivity index (χ0n) is 14.9. The molecular formula is C18H18F2N4O4. The molecule has 0 saturated heterocycles. The highest BCUT2D eigenvalue weighted by Gasteiger charge is 2.15. The van der Waals surface area contributed by atoms with E-state index >= 15 is 0 Å². The largest absolute Gasteiger partial charge is 0.448 e. The van der Waals surface area contributed by atoms with Crippen LogP contribution in [0.3, 0.4) is 0 Å². The van der Waals surface area contributed by atoms with E-state index in [-0.39, 0.29) is 36.3 Å². The van der Waals surface area contributed by atoms with Gasteiger partial charge in [0.05, 0.1) is 12.6 Å². The number of halogens is 2. The topological polar surface area (TPSA) is 110 Å². The fraction of sp³-hybridized carbons (Fsp3) is 0.278. The number of hydrogen-bond donors (Lipinski definition) is 3. The molecule has 2 aromatic heterocycles. The number of fused-ring (bicyclic) bond motifs is 1. The number of ether oxygens (including phenoxy) is 1. The summed E-state index contributed by atoms with van der Waals surface area (Å²) in [6, 6.07) is 3.69. The number of aliphatic hydroxyl groups excluding tert-OH is 2. The molecule has 0 aliphatic carbocycles. The molecule has 0 radical (unpaired) electrons. The van der Waals surface area contributed by atoms with Gasteiger partial charge in [-0.2, -0.15) is 4.98 Å². The van der Waals surface area contributed by atoms with Crippen molar-refractivity contribution < 1.29 is 23.7 Å². The maximum atomic E-state index is 13.8. The Balaban J connectivity index is 1.96. The van der Waals surface area contributed by atoms with E-state index in [0.29, 0.717) is 17.9 Å². The average Bonchev–Trinajstić information content (AvgIpc) is 2.68. The second-order valence-electron chi connectivity index (χ2n) is 6.06. The maximum absolute atomic E-state index is 13.8. The number of rotatable bonds is 7. The highest BCUT2D eigenvalue weighted by Crippen LogP contribution is 2.25. The SMILES string of the molecule is Cn1c(=O)c(Oc2ccc(F)cc2F)cc2cnc(N[C@@H](CO)CCO)nc21. The van der Waals surface area contributed by atoms with Crippen molar-refractivity contribution in [1.82, 2.24) is 14.5 Å². The van der Waals surface area contributed by atoms with E-state index in [0.717, 1.165) is 12.1 Å². The molecule has 1 atom stereocenters. The number of benzene rings is 1. The van der Waals surface area contributed by atoms with E-state index in [1.165, 1.54) is 23.9 Å². The van der Waals surface area contributed by atoms with Crippen LogP contribution in [0.15, 0.2) is 35.3 Å². The maximum Gasteiger partial charge on any atom is 0.294 e. The van der Waals surface area contributed by atoms with Crippen LogP contribution in [0.4, 0.5) is 14.7 Å². The molecule has 0 saturated carbocycles. The number of aryl methyl sites for hydroxylation is 1. The molecule has 1 aromatic carbocycles. The predicted octanol–water partition coefficient (Wildman–Crippen LogP) is 1.55. The molecule has 0 amide bonds. The molecule has 10 heteroatoms. The smallest absolute Gasteiger partial charge is 0.294 e. The molecule has 3 N–H and O–H groups in total. The molecule has 0 spiro atoms. The summed E-state index contributed by atoms with van der Waals surface area (Å²) in [5.74, 6) is -1.97. The van der Waals surface area contributed by atoms with E-state index < -0.39 is 23.2 Å². The van der Waals surface area contributed by atoms with Gasteiger partial charge in [-0.25, -0.2) is 13.8 Å². The van der Waals surface area contributed by atoms with Crippen LogP contribution in [0, 0.1) is 11.6 Å². The Morgan fingerprint density at radius 1 is 1.25 bits per heavy atom. The minimum Gasteiger partial charge on any atom is -0.448 e. The van der Waals surface area contributed by atoms with Gasteiger partial charge in [-0.15, -0.1) is 0 Å². The van der Waals surface area contributed by atoms with E-state index in [1.807, 2.05) is 0 Å². The van der Waals surface area contributed by atoms with Crippen LogP contribution in [0.25, 0.3) is 11.0 Å². The summed E-state index contributed by atoms with van der Waals surface area (Å²) in [7, 11) is 1.46. The first-order valence-electron chi connectivity index (χ1n) is 8.41. The van der Waals surface area contributed by atoms with Crippen LogP contribution in [0.1, 0.15) is 6.42 Å². The van der Waals surface area contributed by atoms with Gasteiger partial charge >= 0.3 is 0 Å². The normalized spacial score (nSPS) is 12.2. The fourth-order valence-corrected chi connectivity index (χ4v) is 2.58. The lowest BCUT2D eigenvalue weighted by Gasteiger charge is -2.15. The molecule has 0 bridgehead atoms. The molecule has 0 aliphatic rings. The third-order valence-corrected chi connectivity index (χ3v) is 4.06. The standard InChI is InChI=1S/C18H18F2N4O4/c1-24-16-10(8-21-18(23-16)22-12(9-26)4-5-25)6-15(17(24)27)28-14-3-2-11(19)7-13(14)20/h2-3,6-8,12,25-26H,4-5,9H2,1H3,(H,21,22,23)/t12-/m1/s1. The molecule has 2 heterocycles. The quantitative estimate of drug-likeness (QED) is 0.560. The summed E-state index contributed by atoms with van der Waals surface area (Å²) < 4.78 is 33.4. The van der Waals surface area contributed by atoms with Crippen LogP contribution in [0.2, 0.25) is 0 Å². The monoisotopic (exact) mass is 392 g/mol. The first kappa shape index (κ1) is 19.6. The number of nitrogens with one attached hydrogen (secondary N) is 1. The molecule has 148 valence electrons. The number of pyridine rings is 1. The van der Waals surface area contributed by atoms with E-state index in [1.54, 1.807) is 0 Å². The Morgan fingerprint density at radius 2 is 2.04 bits per heavy atom. The van der Waals surface area contributed by atoms with E-state index in [4.69, 9.17) is 9.84 Å². The van der Waals surface area contributed by atoms with Gasteiger partial charge in [0.25, 0.3) is 5.56 Å². The van der Waals surface area contributed by atoms with Crippen molar-refractivity contribution in [2.75, 3.05) is 18.5 Å². The summed E-state index contributed by atoms with van der Waals surface area (Å²) >= 11 is 0. The summed E-state index contributed by atoms with van der Waals surface area (Å²) in [6.07, 6.45) is 1.73. The van der Waals surface area contributed by atoms with Gasteiger partial charge < -0.3 is 20.3 Å². The van der Waals surface area contributed by atoms with Crippen molar-refractivity contribution in [3.05, 3.63) is 52.5 Å². The molecule has 3 rings (SSSR count). The molecule has 3 aromatic rings. The van der Waals surface area contributed by atoms with Crippen LogP contribution in [-0.4, -0.2) is 44.0 Å². The highest BCUT2D eigenvalue weighted by molar-refractivity contribution is 5.76. The molecular weight excluding hydrogens is 374 g/mol. The van der Waals surface area contributed by atoms with Crippen molar-refractivity contribution >= 4 is 17.0 Å². The van der Waals surface area contributed by atoms with Gasteiger partial charge in [-0.05, 0) is 24.6 Å². The molecule has 28 heavy (non-hydrogen) atoms. The Hall–Kier alpha value is -3.11. The van der Waals surface area contributed by atoms with Gasteiger partial charge in [0.15, 0.2) is 17.3 Å². The Morgan fingerprint density at radius 3 is 2.71 bits per heavy atom. The van der Waals surface area contributed by atoms with Crippen LogP contribution in [-0.2, 0) is 7.05 Å². The Kier molecular flexibility index (Phi) is 5.81. The minimum atomic E-state index is -0.933. The fourth-order valence-electron chi connectivity index (χ4n) is 2.58. The van der Waals surface area contributed by atoms with E-state index in [2.05, 4.69) is 15.3 Å². The minimum absolute atomic E-state index is 0.120. The van der Waals surface area contributed by atoms with Crippen molar-refractivity contribution in [3.63, 3.8) is 0 Å². The number of anilines is 1. The van der Waals surface area contributed by atoms with Gasteiger partial charge in [0.2, 0.25) is 5.95 Å². The predicted molar refractivity (Wildman–Crippen MR) is 97.4 cm³/mol. The number of nitrogens with zero attached hydrogens (tertiary/aromatic N) is 3. The van der Waals surface area contributed by atoms with Crippen LogP contribution in [0.5, 0.6) is 11.5 Å². The summed E-state index contributed by atoms with van der Waals surface area (Å²) in [4.78, 5) is 20.9. The van der Waals surface area contributed by atoms with Crippen molar-refractivity contribution in [1.29, 1.82) is 0 Å². The third kappa shape index (κ3) is 4.07. The van der Waals surface area contributed by atoms with Gasteiger partial charge in [0, 0.05) is 31.3 Å². The average molecular weight is 392 g/mol. The highest BCUT2D eigenvalue weighted by atomic mass is 19.1. The zero-order valence-corrected chi connectivity index (χ0v) is 14.9. The van der Waals surface area contributed by atoms with Gasteiger partial charge in [-0.3, -0.25) is 9.36 Å². The van der Waals surface area contributed by atoms with Crippen molar-refractivity contribution in [2.45, 2.75) is 12.5 Å². The van der Waals surface area contributed by atoms with Crippen LogP contribution >= 0.6 is 0 Å². The zero-order chi connectivity index (χ0) is 20.3. The van der Waals surface area contributed by atoms with Gasteiger partial charge in [0.1, 0.15) is 11.5 Å². The second kappa shape index (κ2) is 8.28. The first-order valence-corrected chi connectivity index (χ1v) is 8.41. The number of aliphatic hydroxyl groups is 2. The molecule has 8 nitrogen and oxygen atoms in total. The molecule has 0 unspecified atom stereocenters. The lowest BCUT2D eigenvalue weighted by molar-refractivity contribution is 0.228. The first-order chi connectivity index (χ1) is 13.4. The Labute approximate surface area is 158 Å². The summed E-state index contributed by atoms with van der Waals surface area (Å²) in [5.41, 5.74) is -0.287. The van der Waals surface area contributed by atoms with Crippen molar-refractivity contribution in [3.8, 4) is 11.5 Å². The third-order valence-electron chi connectivity index (χ3n) is 4.06. The van der Waals surface area contributed by atoms with Crippen LogP contribution < -0.4 is 15.6 Å².